The van der Waals surface area contributed by atoms with Crippen molar-refractivity contribution in [3.63, 3.8) is 0 Å². The molecule has 0 bridgehead atoms. The molecule has 0 amide bonds. The number of hydrogen-bond acceptors (Lipinski definition) is 2. The number of anilines is 2. The van der Waals surface area contributed by atoms with E-state index >= 15 is 0 Å². The van der Waals surface area contributed by atoms with E-state index < -0.39 is 0 Å². The van der Waals surface area contributed by atoms with Crippen LogP contribution in [0.2, 0.25) is 0 Å². The zero-order valence-corrected chi connectivity index (χ0v) is 8.92. The lowest BCUT2D eigenvalue weighted by molar-refractivity contribution is 0.605. The van der Waals surface area contributed by atoms with Crippen molar-refractivity contribution in [3.05, 3.63) is 24.0 Å². The van der Waals surface area contributed by atoms with Gasteiger partial charge >= 0.3 is 0 Å². The highest BCUT2D eigenvalue weighted by molar-refractivity contribution is 5.54. The molecule has 2 N–H and O–H groups in total. The monoisotopic (exact) mass is 196 g/mol. The van der Waals surface area contributed by atoms with E-state index in [0.717, 1.165) is 6.54 Å². The Morgan fingerprint density at radius 2 is 2.07 bits per heavy atom. The van der Waals surface area contributed by atoms with Crippen molar-refractivity contribution in [3.8, 4) is 0 Å². The third kappa shape index (κ3) is 2.16. The molecule has 78 valence electrons. The molecule has 0 radical (unpaired) electrons. The molecular formula is C11H17FN2. The van der Waals surface area contributed by atoms with Gasteiger partial charge in [0.2, 0.25) is 0 Å². The highest BCUT2D eigenvalue weighted by Crippen LogP contribution is 2.22. The fraction of sp³-hybridized carbons (Fsp3) is 0.455. The molecule has 0 saturated heterocycles. The average Bonchev–Trinajstić information content (AvgIpc) is 2.09. The Morgan fingerprint density at radius 3 is 2.50 bits per heavy atom. The van der Waals surface area contributed by atoms with Crippen molar-refractivity contribution >= 4 is 11.4 Å². The van der Waals surface area contributed by atoms with Crippen molar-refractivity contribution in [2.75, 3.05) is 17.2 Å². The van der Waals surface area contributed by atoms with Crippen molar-refractivity contribution in [2.24, 2.45) is 0 Å². The molecule has 1 aromatic rings. The standard InChI is InChI=1S/C11H17FN2/c1-4-14(8(2)3)11-6-5-9(13)7-10(11)12/h5-8H,4,13H2,1-3H3. The normalized spacial score (nSPS) is 10.6. The predicted molar refractivity (Wildman–Crippen MR) is 59.0 cm³/mol. The summed E-state index contributed by atoms with van der Waals surface area (Å²) in [5.41, 5.74) is 6.57. The van der Waals surface area contributed by atoms with Crippen molar-refractivity contribution < 1.29 is 4.39 Å². The predicted octanol–water partition coefficient (Wildman–Crippen LogP) is 2.64. The first-order valence-corrected chi connectivity index (χ1v) is 4.88. The molecule has 0 fully saturated rings. The molecule has 0 aliphatic heterocycles. The van der Waals surface area contributed by atoms with Gasteiger partial charge in [-0.1, -0.05) is 0 Å². The number of halogens is 1. The second-order valence-electron chi connectivity index (χ2n) is 3.59. The second-order valence-corrected chi connectivity index (χ2v) is 3.59. The molecule has 0 unspecified atom stereocenters. The molecule has 2 nitrogen and oxygen atoms in total. The Labute approximate surface area is 84.5 Å². The summed E-state index contributed by atoms with van der Waals surface area (Å²) < 4.78 is 13.5. The maximum absolute atomic E-state index is 13.5. The minimum Gasteiger partial charge on any atom is -0.399 e. The van der Waals surface area contributed by atoms with Crippen LogP contribution in [-0.4, -0.2) is 12.6 Å². The van der Waals surface area contributed by atoms with Crippen molar-refractivity contribution in [1.29, 1.82) is 0 Å². The van der Waals surface area contributed by atoms with Gasteiger partial charge < -0.3 is 10.6 Å². The Kier molecular flexibility index (Phi) is 3.33. The number of benzene rings is 1. The maximum atomic E-state index is 13.5. The fourth-order valence-corrected chi connectivity index (χ4v) is 1.57. The average molecular weight is 196 g/mol. The number of hydrogen-bond donors (Lipinski definition) is 1. The van der Waals surface area contributed by atoms with Crippen molar-refractivity contribution in [2.45, 2.75) is 26.8 Å². The summed E-state index contributed by atoms with van der Waals surface area (Å²) in [5, 5.41) is 0. The molecule has 0 aromatic heterocycles. The van der Waals surface area contributed by atoms with Gasteiger partial charge in [-0.15, -0.1) is 0 Å². The number of nitrogens with zero attached hydrogens (tertiary/aromatic N) is 1. The Morgan fingerprint density at radius 1 is 1.43 bits per heavy atom. The highest BCUT2D eigenvalue weighted by atomic mass is 19.1. The maximum Gasteiger partial charge on any atom is 0.148 e. The summed E-state index contributed by atoms with van der Waals surface area (Å²) >= 11 is 0. The van der Waals surface area contributed by atoms with Crippen LogP contribution in [0.4, 0.5) is 15.8 Å². The van der Waals surface area contributed by atoms with E-state index in [1.54, 1.807) is 12.1 Å². The van der Waals surface area contributed by atoms with Crippen LogP contribution in [0.15, 0.2) is 18.2 Å². The third-order valence-corrected chi connectivity index (χ3v) is 2.25. The zero-order valence-electron chi connectivity index (χ0n) is 8.92. The molecule has 0 aliphatic rings. The van der Waals surface area contributed by atoms with E-state index in [1.807, 2.05) is 25.7 Å². The van der Waals surface area contributed by atoms with Crippen LogP contribution in [0.25, 0.3) is 0 Å². The molecule has 14 heavy (non-hydrogen) atoms. The number of nitrogen functional groups attached to an aromatic ring is 1. The highest BCUT2D eigenvalue weighted by Gasteiger charge is 2.12. The summed E-state index contributed by atoms with van der Waals surface area (Å²) in [6.45, 7) is 6.88. The SMILES string of the molecule is CCN(c1ccc(N)cc1F)C(C)C. The molecular weight excluding hydrogens is 179 g/mol. The minimum atomic E-state index is -0.249. The Hall–Kier alpha value is -1.25. The summed E-state index contributed by atoms with van der Waals surface area (Å²) in [5.74, 6) is -0.249. The smallest absolute Gasteiger partial charge is 0.148 e. The molecule has 0 atom stereocenters. The van der Waals surface area contributed by atoms with Gasteiger partial charge in [0.25, 0.3) is 0 Å². The van der Waals surface area contributed by atoms with Crippen LogP contribution in [-0.2, 0) is 0 Å². The van der Waals surface area contributed by atoms with Gasteiger partial charge in [-0.05, 0) is 39.0 Å². The largest absolute Gasteiger partial charge is 0.399 e. The topological polar surface area (TPSA) is 29.3 Å². The third-order valence-electron chi connectivity index (χ3n) is 2.25. The van der Waals surface area contributed by atoms with E-state index in [9.17, 15) is 4.39 Å². The summed E-state index contributed by atoms with van der Waals surface area (Å²) in [6, 6.07) is 5.11. The van der Waals surface area contributed by atoms with Gasteiger partial charge in [-0.2, -0.15) is 0 Å². The van der Waals surface area contributed by atoms with Gasteiger partial charge in [-0.3, -0.25) is 0 Å². The van der Waals surface area contributed by atoms with E-state index in [-0.39, 0.29) is 11.9 Å². The Balaban J connectivity index is 3.04. The first kappa shape index (κ1) is 10.8. The van der Waals surface area contributed by atoms with Crippen LogP contribution in [0.5, 0.6) is 0 Å². The van der Waals surface area contributed by atoms with Crippen LogP contribution >= 0.6 is 0 Å². The van der Waals surface area contributed by atoms with Gasteiger partial charge in [0.15, 0.2) is 0 Å². The lowest BCUT2D eigenvalue weighted by Crippen LogP contribution is -2.31. The molecule has 1 rings (SSSR count). The van der Waals surface area contributed by atoms with Gasteiger partial charge in [0.05, 0.1) is 5.69 Å². The molecule has 0 saturated carbocycles. The van der Waals surface area contributed by atoms with Gasteiger partial charge in [0.1, 0.15) is 5.82 Å². The summed E-state index contributed by atoms with van der Waals surface area (Å²) in [4.78, 5) is 1.99. The van der Waals surface area contributed by atoms with Crippen LogP contribution in [0.1, 0.15) is 20.8 Å². The van der Waals surface area contributed by atoms with Crippen LogP contribution in [0.3, 0.4) is 0 Å². The lowest BCUT2D eigenvalue weighted by Gasteiger charge is -2.27. The van der Waals surface area contributed by atoms with Crippen LogP contribution < -0.4 is 10.6 Å². The second kappa shape index (κ2) is 4.31. The quantitative estimate of drug-likeness (QED) is 0.753. The fourth-order valence-electron chi connectivity index (χ4n) is 1.57. The van der Waals surface area contributed by atoms with Crippen LogP contribution in [0, 0.1) is 5.82 Å². The molecule has 0 heterocycles. The first-order valence-electron chi connectivity index (χ1n) is 4.88. The lowest BCUT2D eigenvalue weighted by atomic mass is 10.2. The minimum absolute atomic E-state index is 0.249. The zero-order chi connectivity index (χ0) is 10.7. The van der Waals surface area contributed by atoms with E-state index in [1.165, 1.54) is 6.07 Å². The summed E-state index contributed by atoms with van der Waals surface area (Å²) in [7, 11) is 0. The summed E-state index contributed by atoms with van der Waals surface area (Å²) in [6.07, 6.45) is 0. The van der Waals surface area contributed by atoms with E-state index in [0.29, 0.717) is 11.4 Å². The van der Waals surface area contributed by atoms with E-state index in [2.05, 4.69) is 0 Å². The first-order chi connectivity index (χ1) is 6.56. The molecule has 3 heteroatoms. The van der Waals surface area contributed by atoms with E-state index in [4.69, 9.17) is 5.73 Å². The molecule has 0 aliphatic carbocycles. The molecule has 0 spiro atoms. The Bertz CT molecular complexity index is 310. The number of nitrogens with two attached hydrogens (primary N) is 1. The number of rotatable bonds is 3. The van der Waals surface area contributed by atoms with Crippen molar-refractivity contribution in [1.82, 2.24) is 0 Å². The van der Waals surface area contributed by atoms with Gasteiger partial charge in [0, 0.05) is 18.3 Å². The van der Waals surface area contributed by atoms with Gasteiger partial charge in [-0.25, -0.2) is 4.39 Å². The molecule has 1 aromatic carbocycles.